The maximum atomic E-state index is 12.8. The topological polar surface area (TPSA) is 58.6 Å². The monoisotopic (exact) mass is 366 g/mol. The Labute approximate surface area is 160 Å². The summed E-state index contributed by atoms with van der Waals surface area (Å²) >= 11 is 0. The van der Waals surface area contributed by atoms with Gasteiger partial charge in [0.25, 0.3) is 0 Å². The van der Waals surface area contributed by atoms with E-state index in [-0.39, 0.29) is 30.2 Å². The third kappa shape index (κ3) is 4.13. The van der Waals surface area contributed by atoms with Crippen LogP contribution in [0.5, 0.6) is 5.75 Å². The van der Waals surface area contributed by atoms with Gasteiger partial charge in [-0.1, -0.05) is 48.9 Å². The molecule has 0 saturated carbocycles. The summed E-state index contributed by atoms with van der Waals surface area (Å²) in [7, 11) is 1.58. The van der Waals surface area contributed by atoms with Gasteiger partial charge in [0.15, 0.2) is 0 Å². The van der Waals surface area contributed by atoms with Crippen LogP contribution in [-0.2, 0) is 9.59 Å². The van der Waals surface area contributed by atoms with Gasteiger partial charge >= 0.3 is 0 Å². The molecule has 2 atom stereocenters. The average molecular weight is 366 g/mol. The number of benzene rings is 2. The largest absolute Gasteiger partial charge is 0.495 e. The highest BCUT2D eigenvalue weighted by molar-refractivity contribution is 6.01. The van der Waals surface area contributed by atoms with E-state index >= 15 is 0 Å². The number of hydrogen-bond acceptors (Lipinski definition) is 3. The Morgan fingerprint density at radius 2 is 1.93 bits per heavy atom. The van der Waals surface area contributed by atoms with Gasteiger partial charge in [0, 0.05) is 13.0 Å². The molecule has 3 rings (SSSR count). The lowest BCUT2D eigenvalue weighted by Gasteiger charge is -2.21. The van der Waals surface area contributed by atoms with Gasteiger partial charge in [0.1, 0.15) is 5.75 Å². The van der Waals surface area contributed by atoms with Crippen LogP contribution in [0.25, 0.3) is 0 Å². The van der Waals surface area contributed by atoms with Crippen LogP contribution >= 0.6 is 0 Å². The zero-order chi connectivity index (χ0) is 19.4. The van der Waals surface area contributed by atoms with Crippen LogP contribution in [-0.4, -0.2) is 25.5 Å². The van der Waals surface area contributed by atoms with Crippen molar-refractivity contribution in [3.8, 4) is 5.75 Å². The first-order chi connectivity index (χ1) is 13.0. The number of aryl methyl sites for hydroxylation is 1. The molecule has 5 nitrogen and oxygen atoms in total. The Morgan fingerprint density at radius 3 is 2.59 bits per heavy atom. The van der Waals surface area contributed by atoms with Gasteiger partial charge in [-0.2, -0.15) is 0 Å². The van der Waals surface area contributed by atoms with E-state index < -0.39 is 0 Å². The second kappa shape index (κ2) is 8.25. The van der Waals surface area contributed by atoms with Gasteiger partial charge in [-0.3, -0.25) is 9.59 Å². The molecule has 0 aliphatic carbocycles. The summed E-state index contributed by atoms with van der Waals surface area (Å²) in [6.45, 7) is 4.46. The molecule has 1 fully saturated rings. The van der Waals surface area contributed by atoms with Crippen molar-refractivity contribution in [1.29, 1.82) is 0 Å². The molecule has 5 heteroatoms. The van der Waals surface area contributed by atoms with Gasteiger partial charge in [-0.05, 0) is 31.0 Å². The number of amides is 2. The van der Waals surface area contributed by atoms with Crippen LogP contribution in [0, 0.1) is 12.8 Å². The standard InChI is InChI=1S/C22H26N2O3/c1-4-18(16-11-9-15(2)10-12-16)23-22(26)17-13-21(25)24(14-17)19-7-5-6-8-20(19)27-3/h5-12,17-18H,4,13-14H2,1-3H3,(H,23,26). The van der Waals surface area contributed by atoms with E-state index in [1.54, 1.807) is 12.0 Å². The summed E-state index contributed by atoms with van der Waals surface area (Å²) in [6, 6.07) is 15.5. The van der Waals surface area contributed by atoms with Crippen LogP contribution in [0.15, 0.2) is 48.5 Å². The number of nitrogens with zero attached hydrogens (tertiary/aromatic N) is 1. The maximum absolute atomic E-state index is 12.8. The van der Waals surface area contributed by atoms with E-state index in [9.17, 15) is 9.59 Å². The molecule has 142 valence electrons. The molecule has 1 saturated heterocycles. The van der Waals surface area contributed by atoms with E-state index in [2.05, 4.69) is 5.32 Å². The molecule has 0 bridgehead atoms. The number of methoxy groups -OCH3 is 1. The third-order valence-corrected chi connectivity index (χ3v) is 5.08. The van der Waals surface area contributed by atoms with E-state index in [0.717, 1.165) is 12.0 Å². The lowest BCUT2D eigenvalue weighted by molar-refractivity contribution is -0.127. The number of ether oxygens (including phenoxy) is 1. The van der Waals surface area contributed by atoms with Gasteiger partial charge in [-0.15, -0.1) is 0 Å². The molecule has 1 N–H and O–H groups in total. The summed E-state index contributed by atoms with van der Waals surface area (Å²) in [5.41, 5.74) is 2.99. The minimum atomic E-state index is -0.359. The third-order valence-electron chi connectivity index (χ3n) is 5.08. The Hall–Kier alpha value is -2.82. The second-order valence-electron chi connectivity index (χ2n) is 6.96. The fraction of sp³-hybridized carbons (Fsp3) is 0.364. The first kappa shape index (κ1) is 19.0. The number of nitrogens with one attached hydrogen (secondary N) is 1. The lowest BCUT2D eigenvalue weighted by Crippen LogP contribution is -2.35. The van der Waals surface area contributed by atoms with Crippen LogP contribution in [0.2, 0.25) is 0 Å². The molecule has 1 aliphatic heterocycles. The lowest BCUT2D eigenvalue weighted by atomic mass is 10.0. The second-order valence-corrected chi connectivity index (χ2v) is 6.96. The zero-order valence-corrected chi connectivity index (χ0v) is 16.1. The molecule has 2 aromatic rings. The van der Waals surface area contributed by atoms with Gasteiger partial charge < -0.3 is 15.0 Å². The number of anilines is 1. The van der Waals surface area contributed by atoms with Crippen molar-refractivity contribution >= 4 is 17.5 Å². The first-order valence-corrected chi connectivity index (χ1v) is 9.33. The fourth-order valence-electron chi connectivity index (χ4n) is 3.48. The van der Waals surface area contributed by atoms with Crippen LogP contribution < -0.4 is 15.0 Å². The Bertz CT molecular complexity index is 817. The van der Waals surface area contributed by atoms with Gasteiger partial charge in [0.2, 0.25) is 11.8 Å². The maximum Gasteiger partial charge on any atom is 0.227 e. The summed E-state index contributed by atoms with van der Waals surface area (Å²) in [5.74, 6) is 0.149. The average Bonchev–Trinajstić information content (AvgIpc) is 3.08. The van der Waals surface area contributed by atoms with Gasteiger partial charge in [0.05, 0.1) is 24.8 Å². The predicted molar refractivity (Wildman–Crippen MR) is 106 cm³/mol. The molecule has 2 aromatic carbocycles. The van der Waals surface area contributed by atoms with E-state index in [4.69, 9.17) is 4.74 Å². The highest BCUT2D eigenvalue weighted by Crippen LogP contribution is 2.33. The van der Waals surface area contributed by atoms with Crippen LogP contribution in [0.1, 0.15) is 36.9 Å². The molecule has 0 radical (unpaired) electrons. The van der Waals surface area contributed by atoms with Crippen molar-refractivity contribution in [2.75, 3.05) is 18.6 Å². The van der Waals surface area contributed by atoms with Crippen molar-refractivity contribution in [2.24, 2.45) is 5.92 Å². The summed E-state index contributed by atoms with van der Waals surface area (Å²) < 4.78 is 5.36. The smallest absolute Gasteiger partial charge is 0.227 e. The Morgan fingerprint density at radius 1 is 1.22 bits per heavy atom. The highest BCUT2D eigenvalue weighted by atomic mass is 16.5. The Kier molecular flexibility index (Phi) is 5.79. The normalized spacial score (nSPS) is 17.7. The molecule has 1 heterocycles. The van der Waals surface area contributed by atoms with Crippen LogP contribution in [0.4, 0.5) is 5.69 Å². The van der Waals surface area contributed by atoms with Crippen LogP contribution in [0.3, 0.4) is 0 Å². The minimum Gasteiger partial charge on any atom is -0.495 e. The number of para-hydroxylation sites is 2. The zero-order valence-electron chi connectivity index (χ0n) is 16.1. The van der Waals surface area contributed by atoms with Gasteiger partial charge in [-0.25, -0.2) is 0 Å². The molecule has 2 amide bonds. The number of hydrogen-bond donors (Lipinski definition) is 1. The number of rotatable bonds is 6. The Balaban J connectivity index is 1.70. The van der Waals surface area contributed by atoms with Crippen molar-refractivity contribution in [1.82, 2.24) is 5.32 Å². The van der Waals surface area contributed by atoms with E-state index in [1.807, 2.05) is 62.4 Å². The van der Waals surface area contributed by atoms with E-state index in [0.29, 0.717) is 18.0 Å². The van der Waals surface area contributed by atoms with Crippen molar-refractivity contribution in [2.45, 2.75) is 32.7 Å². The molecule has 2 unspecified atom stereocenters. The highest BCUT2D eigenvalue weighted by Gasteiger charge is 2.36. The molecular weight excluding hydrogens is 340 g/mol. The molecule has 0 aromatic heterocycles. The number of carbonyl (C=O) groups excluding carboxylic acids is 2. The quantitative estimate of drug-likeness (QED) is 0.849. The molecule has 1 aliphatic rings. The van der Waals surface area contributed by atoms with Crippen molar-refractivity contribution in [3.63, 3.8) is 0 Å². The van der Waals surface area contributed by atoms with E-state index in [1.165, 1.54) is 5.56 Å². The molecule has 27 heavy (non-hydrogen) atoms. The molecular formula is C22H26N2O3. The minimum absolute atomic E-state index is 0.0477. The van der Waals surface area contributed by atoms with Crippen molar-refractivity contribution in [3.05, 3.63) is 59.7 Å². The number of carbonyl (C=O) groups is 2. The summed E-state index contributed by atoms with van der Waals surface area (Å²) in [5, 5.41) is 3.12. The fourth-order valence-corrected chi connectivity index (χ4v) is 3.48. The molecule has 0 spiro atoms. The SMILES string of the molecule is CCC(NC(=O)C1CC(=O)N(c2ccccc2OC)C1)c1ccc(C)cc1. The predicted octanol–water partition coefficient (Wildman–Crippen LogP) is 3.62. The van der Waals surface area contributed by atoms with Crippen molar-refractivity contribution < 1.29 is 14.3 Å². The summed E-state index contributed by atoms with van der Waals surface area (Å²) in [4.78, 5) is 27.0. The summed E-state index contributed by atoms with van der Waals surface area (Å²) in [6.07, 6.45) is 1.01. The first-order valence-electron chi connectivity index (χ1n) is 9.33.